The quantitative estimate of drug-likeness (QED) is 0.401. The summed E-state index contributed by atoms with van der Waals surface area (Å²) in [5.74, 6) is -3.72. The molecule has 0 aliphatic carbocycles. The summed E-state index contributed by atoms with van der Waals surface area (Å²) in [6, 6.07) is 12.9. The lowest BCUT2D eigenvalue weighted by Gasteiger charge is -2.23. The predicted octanol–water partition coefficient (Wildman–Crippen LogP) is 4.52. The Kier molecular flexibility index (Phi) is 7.04. The third kappa shape index (κ3) is 5.03. The smallest absolute Gasteiger partial charge is 0.306 e. The largest absolute Gasteiger partial charge is 0.469 e. The summed E-state index contributed by atoms with van der Waals surface area (Å²) in [7, 11) is 1.17. The van der Waals surface area contributed by atoms with Crippen molar-refractivity contribution in [2.75, 3.05) is 12.0 Å². The van der Waals surface area contributed by atoms with E-state index in [0.29, 0.717) is 5.56 Å². The van der Waals surface area contributed by atoms with Crippen molar-refractivity contribution in [1.29, 1.82) is 0 Å². The Morgan fingerprint density at radius 2 is 1.62 bits per heavy atom. The molecule has 0 fully saturated rings. The van der Waals surface area contributed by atoms with E-state index in [4.69, 9.17) is 0 Å². The summed E-state index contributed by atoms with van der Waals surface area (Å²) < 4.78 is 33.5. The van der Waals surface area contributed by atoms with Gasteiger partial charge in [-0.3, -0.25) is 19.3 Å². The molecular weight excluding hydrogens is 418 g/mol. The van der Waals surface area contributed by atoms with Gasteiger partial charge in [-0.05, 0) is 37.3 Å². The number of pyridine rings is 1. The molecule has 0 unspecified atom stereocenters. The number of para-hydroxylation sites is 1. The zero-order valence-electron chi connectivity index (χ0n) is 17.5. The van der Waals surface area contributed by atoms with Gasteiger partial charge < -0.3 is 4.74 Å². The van der Waals surface area contributed by atoms with Crippen LogP contribution in [0.5, 0.6) is 0 Å². The fraction of sp³-hybridized carbons (Fsp3) is 0.167. The van der Waals surface area contributed by atoms with Crippen LogP contribution in [0.2, 0.25) is 0 Å². The van der Waals surface area contributed by atoms with Crippen LogP contribution in [-0.4, -0.2) is 29.8 Å². The van der Waals surface area contributed by atoms with E-state index >= 15 is 0 Å². The van der Waals surface area contributed by atoms with Crippen LogP contribution in [0.25, 0.3) is 0 Å². The van der Waals surface area contributed by atoms with E-state index in [1.165, 1.54) is 31.5 Å². The Balaban J connectivity index is 1.97. The Morgan fingerprint density at radius 1 is 0.938 bits per heavy atom. The number of methoxy groups -OCH3 is 1. The van der Waals surface area contributed by atoms with Crippen molar-refractivity contribution in [3.05, 3.63) is 89.1 Å². The predicted molar refractivity (Wildman–Crippen MR) is 114 cm³/mol. The van der Waals surface area contributed by atoms with Gasteiger partial charge in [0.1, 0.15) is 23.1 Å². The molecule has 0 saturated carbocycles. The Hall–Kier alpha value is -3.94. The van der Waals surface area contributed by atoms with Gasteiger partial charge >= 0.3 is 5.97 Å². The van der Waals surface area contributed by atoms with Gasteiger partial charge in [-0.2, -0.15) is 0 Å². The molecule has 1 aromatic heterocycles. The molecule has 0 spiro atoms. The van der Waals surface area contributed by atoms with Crippen molar-refractivity contribution < 1.29 is 27.9 Å². The Labute approximate surface area is 183 Å². The molecule has 0 N–H and O–H groups in total. The number of benzene rings is 2. The highest BCUT2D eigenvalue weighted by molar-refractivity contribution is 6.09. The number of carbonyl (C=O) groups is 3. The summed E-state index contributed by atoms with van der Waals surface area (Å²) in [5, 5.41) is 0. The van der Waals surface area contributed by atoms with Crippen LogP contribution in [0.4, 0.5) is 20.3 Å². The summed E-state index contributed by atoms with van der Waals surface area (Å²) in [6.07, 6.45) is 0.608. The van der Waals surface area contributed by atoms with Gasteiger partial charge in [-0.1, -0.05) is 29.8 Å². The van der Waals surface area contributed by atoms with E-state index in [1.807, 2.05) is 13.0 Å². The fourth-order valence-electron chi connectivity index (χ4n) is 3.10. The van der Waals surface area contributed by atoms with Gasteiger partial charge in [-0.25, -0.2) is 13.8 Å². The van der Waals surface area contributed by atoms with E-state index in [-0.39, 0.29) is 30.0 Å². The van der Waals surface area contributed by atoms with Crippen LogP contribution in [-0.2, 0) is 14.3 Å². The van der Waals surface area contributed by atoms with Gasteiger partial charge in [0.15, 0.2) is 5.78 Å². The van der Waals surface area contributed by atoms with Crippen LogP contribution < -0.4 is 4.90 Å². The molecule has 0 aliphatic heterocycles. The van der Waals surface area contributed by atoms with Crippen LogP contribution in [0, 0.1) is 18.6 Å². The van der Waals surface area contributed by atoms with Crippen LogP contribution in [0.3, 0.4) is 0 Å². The molecule has 0 bridgehead atoms. The van der Waals surface area contributed by atoms with Gasteiger partial charge in [0, 0.05) is 23.7 Å². The van der Waals surface area contributed by atoms with Crippen LogP contribution in [0.15, 0.2) is 60.8 Å². The number of nitrogens with zero attached hydrogens (tertiary/aromatic N) is 2. The van der Waals surface area contributed by atoms with Crippen molar-refractivity contribution in [2.24, 2.45) is 0 Å². The number of hydrogen-bond acceptors (Lipinski definition) is 5. The second-order valence-corrected chi connectivity index (χ2v) is 6.98. The first kappa shape index (κ1) is 22.7. The number of aromatic nitrogens is 1. The van der Waals surface area contributed by atoms with Gasteiger partial charge in [0.25, 0.3) is 0 Å². The molecular formula is C24H20F2N2O4. The second-order valence-electron chi connectivity index (χ2n) is 6.98. The molecule has 0 saturated heterocycles. The number of rotatable bonds is 7. The number of hydrogen-bond donors (Lipinski definition) is 0. The van der Waals surface area contributed by atoms with Crippen molar-refractivity contribution in [1.82, 2.24) is 4.98 Å². The molecule has 32 heavy (non-hydrogen) atoms. The zero-order chi connectivity index (χ0) is 23.3. The minimum absolute atomic E-state index is 0.0929. The topological polar surface area (TPSA) is 76.6 Å². The highest BCUT2D eigenvalue weighted by Crippen LogP contribution is 2.30. The number of ether oxygens (including phenoxy) is 1. The number of aryl methyl sites for hydroxylation is 1. The van der Waals surface area contributed by atoms with Crippen LogP contribution >= 0.6 is 0 Å². The minimum atomic E-state index is -0.974. The maximum absolute atomic E-state index is 14.5. The average Bonchev–Trinajstić information content (AvgIpc) is 2.79. The zero-order valence-corrected chi connectivity index (χ0v) is 17.5. The van der Waals surface area contributed by atoms with Crippen molar-refractivity contribution >= 4 is 29.2 Å². The third-order valence-corrected chi connectivity index (χ3v) is 4.70. The van der Waals surface area contributed by atoms with Crippen molar-refractivity contribution in [3.63, 3.8) is 0 Å². The lowest BCUT2D eigenvalue weighted by atomic mass is 10.0. The highest BCUT2D eigenvalue weighted by Gasteiger charge is 2.26. The van der Waals surface area contributed by atoms with E-state index in [0.717, 1.165) is 22.6 Å². The van der Waals surface area contributed by atoms with Crippen LogP contribution in [0.1, 0.15) is 34.3 Å². The lowest BCUT2D eigenvalue weighted by Crippen LogP contribution is -2.29. The summed E-state index contributed by atoms with van der Waals surface area (Å²) >= 11 is 0. The number of anilines is 2. The maximum atomic E-state index is 14.5. The first-order valence-corrected chi connectivity index (χ1v) is 9.73. The first-order valence-electron chi connectivity index (χ1n) is 9.73. The molecule has 3 aromatic rings. The summed E-state index contributed by atoms with van der Waals surface area (Å²) in [4.78, 5) is 41.8. The molecule has 3 rings (SSSR count). The molecule has 2 aromatic carbocycles. The molecule has 1 amide bonds. The molecule has 6 nitrogen and oxygen atoms in total. The van der Waals surface area contributed by atoms with Gasteiger partial charge in [0.2, 0.25) is 5.91 Å². The fourth-order valence-corrected chi connectivity index (χ4v) is 3.10. The van der Waals surface area contributed by atoms with Gasteiger partial charge in [0.05, 0.1) is 13.5 Å². The Morgan fingerprint density at radius 3 is 2.22 bits per heavy atom. The maximum Gasteiger partial charge on any atom is 0.306 e. The second kappa shape index (κ2) is 9.91. The van der Waals surface area contributed by atoms with Crippen molar-refractivity contribution in [3.8, 4) is 0 Å². The van der Waals surface area contributed by atoms with E-state index in [1.54, 1.807) is 18.2 Å². The number of carbonyl (C=O) groups excluding carboxylic acids is 3. The first-order chi connectivity index (χ1) is 15.3. The van der Waals surface area contributed by atoms with E-state index in [2.05, 4.69) is 9.72 Å². The monoisotopic (exact) mass is 438 g/mol. The summed E-state index contributed by atoms with van der Waals surface area (Å²) in [6.45, 7) is 1.86. The molecule has 0 atom stereocenters. The molecule has 8 heteroatoms. The standard InChI is InChI=1S/C24H20F2N2O4/c1-15-5-3-6-16(13-15)24(31)17-9-10-20(27-14-17)28(21(29)11-12-22(30)32-2)23-18(25)7-4-8-19(23)26/h3-10,13-14H,11-12H2,1-2H3. The normalized spacial score (nSPS) is 10.5. The number of amides is 1. The molecule has 1 heterocycles. The summed E-state index contributed by atoms with van der Waals surface area (Å²) in [5.41, 5.74) is 1.01. The Bertz CT molecular complexity index is 1140. The van der Waals surface area contributed by atoms with E-state index in [9.17, 15) is 23.2 Å². The van der Waals surface area contributed by atoms with Crippen molar-refractivity contribution in [2.45, 2.75) is 19.8 Å². The van der Waals surface area contributed by atoms with E-state index < -0.39 is 29.2 Å². The number of halogens is 2. The highest BCUT2D eigenvalue weighted by atomic mass is 19.1. The average molecular weight is 438 g/mol. The number of esters is 1. The lowest BCUT2D eigenvalue weighted by molar-refractivity contribution is -0.141. The SMILES string of the molecule is COC(=O)CCC(=O)N(c1ccc(C(=O)c2cccc(C)c2)cn1)c1c(F)cccc1F. The van der Waals surface area contributed by atoms with Gasteiger partial charge in [-0.15, -0.1) is 0 Å². The minimum Gasteiger partial charge on any atom is -0.469 e. The molecule has 0 aliphatic rings. The molecule has 0 radical (unpaired) electrons. The number of ketones is 1. The molecule has 164 valence electrons. The third-order valence-electron chi connectivity index (χ3n) is 4.70.